The van der Waals surface area contributed by atoms with E-state index in [4.69, 9.17) is 0 Å². The van der Waals surface area contributed by atoms with Crippen molar-refractivity contribution in [3.8, 4) is 0 Å². The van der Waals surface area contributed by atoms with Crippen molar-refractivity contribution < 1.29 is 19.2 Å². The Bertz CT molecular complexity index is 1430. The molecule has 2 rings (SSSR count). The molecule has 1 aromatic carbocycles. The number of aryl methyl sites for hydroxylation is 2. The van der Waals surface area contributed by atoms with Crippen molar-refractivity contribution in [2.24, 2.45) is 0 Å². The Balaban J connectivity index is 0.000000874. The Hall–Kier alpha value is -3.58. The second-order valence-corrected chi connectivity index (χ2v) is 13.9. The number of nitrogens with zero attached hydrogens (tertiary/aromatic N) is 1. The predicted molar refractivity (Wildman–Crippen MR) is 203 cm³/mol. The number of thiophene rings is 1. The Morgan fingerprint density at radius 3 is 2.02 bits per heavy atom. The Morgan fingerprint density at radius 1 is 0.915 bits per heavy atom. The number of carbonyl (C=O) groups is 4. The predicted octanol–water partition coefficient (Wildman–Crippen LogP) is 10.4. The lowest BCUT2D eigenvalue weighted by atomic mass is 9.92. The number of Topliss-reactive ketones (excluding diaryl/α,β-unsaturated/α-hetero) is 2. The average Bonchev–Trinajstić information content (AvgIpc) is 3.46. The zero-order chi connectivity index (χ0) is 36.5. The van der Waals surface area contributed by atoms with Crippen molar-refractivity contribution in [3.63, 3.8) is 0 Å². The summed E-state index contributed by atoms with van der Waals surface area (Å²) in [6, 6.07) is 8.29. The number of amides is 2. The lowest BCUT2D eigenvalue weighted by Gasteiger charge is -2.37. The minimum Gasteiger partial charge on any atom is -0.326 e. The van der Waals surface area contributed by atoms with Crippen LogP contribution in [0.1, 0.15) is 134 Å². The summed E-state index contributed by atoms with van der Waals surface area (Å²) in [7, 11) is 0. The molecule has 0 bridgehead atoms. The van der Waals surface area contributed by atoms with Gasteiger partial charge in [-0.15, -0.1) is 11.3 Å². The van der Waals surface area contributed by atoms with Crippen LogP contribution in [0.15, 0.2) is 54.1 Å². The highest BCUT2D eigenvalue weighted by molar-refractivity contribution is 7.16. The second kappa shape index (κ2) is 20.6. The van der Waals surface area contributed by atoms with Gasteiger partial charge in [-0.25, -0.2) is 0 Å². The lowest BCUT2D eigenvalue weighted by molar-refractivity contribution is -0.127. The van der Waals surface area contributed by atoms with Crippen molar-refractivity contribution in [2.75, 3.05) is 11.9 Å². The molecule has 0 fully saturated rings. The summed E-state index contributed by atoms with van der Waals surface area (Å²) in [6.45, 7) is 27.8. The SMILES string of the molecule is CC.CCCN(C(=O)c1cc(C(C)(C)C)sc1NC=O)C(C)(C)C(=O)CC.CC\C=C/C(=C\C=C(/C)C(C)=O)c1cc(C)ccc1C. The van der Waals surface area contributed by atoms with Crippen LogP contribution in [0.3, 0.4) is 0 Å². The lowest BCUT2D eigenvalue weighted by Crippen LogP contribution is -2.53. The average molecular weight is 665 g/mol. The van der Waals surface area contributed by atoms with Crippen LogP contribution in [0.5, 0.6) is 0 Å². The number of hydrogen-bond donors (Lipinski definition) is 1. The molecule has 1 aromatic heterocycles. The van der Waals surface area contributed by atoms with Gasteiger partial charge in [-0.2, -0.15) is 0 Å². The summed E-state index contributed by atoms with van der Waals surface area (Å²) in [5.41, 5.74) is 5.07. The van der Waals surface area contributed by atoms with Gasteiger partial charge in [-0.3, -0.25) is 19.2 Å². The van der Waals surface area contributed by atoms with E-state index in [9.17, 15) is 19.2 Å². The van der Waals surface area contributed by atoms with Crippen molar-refractivity contribution in [1.29, 1.82) is 0 Å². The largest absolute Gasteiger partial charge is 0.326 e. The molecular weight excluding hydrogens is 605 g/mol. The maximum atomic E-state index is 13.3. The van der Waals surface area contributed by atoms with Gasteiger partial charge in [-0.1, -0.05) is 103 Å². The van der Waals surface area contributed by atoms with E-state index in [2.05, 4.69) is 77.2 Å². The number of nitrogens with one attached hydrogen (secondary N) is 1. The first kappa shape index (κ1) is 43.4. The van der Waals surface area contributed by atoms with Crippen molar-refractivity contribution in [3.05, 3.63) is 81.3 Å². The maximum absolute atomic E-state index is 13.3. The summed E-state index contributed by atoms with van der Waals surface area (Å²) < 4.78 is 0. The normalized spacial score (nSPS) is 12.0. The summed E-state index contributed by atoms with van der Waals surface area (Å²) in [4.78, 5) is 50.6. The number of allylic oxidation sites excluding steroid dienone is 6. The third-order valence-corrected chi connectivity index (χ3v) is 9.06. The molecule has 0 aliphatic carbocycles. The fourth-order valence-electron chi connectivity index (χ4n) is 4.53. The first-order valence-electron chi connectivity index (χ1n) is 16.8. The standard InChI is InChI=1S/C19H30N2O3S.C19H24O.C2H6/c1-8-10-21(19(6,7)14(23)9-2)17(24)13-11-15(18(3,4)5)25-16(13)20-12-22;1-6-7-8-18(12-11-15(3)17(5)20)19-13-14(2)9-10-16(19)4;1-2/h11-12H,8-10H2,1-7H3,(H,20,22);7-13H,6H2,1-5H3;1-2H3/b;8-7-,15-11+,18-12+;. The van der Waals surface area contributed by atoms with Crippen LogP contribution in [-0.4, -0.2) is 40.9 Å². The molecule has 0 aliphatic heterocycles. The monoisotopic (exact) mass is 664 g/mol. The smallest absolute Gasteiger partial charge is 0.257 e. The van der Waals surface area contributed by atoms with Gasteiger partial charge < -0.3 is 10.2 Å². The molecule has 6 nitrogen and oxygen atoms in total. The van der Waals surface area contributed by atoms with Crippen LogP contribution >= 0.6 is 11.3 Å². The van der Waals surface area contributed by atoms with E-state index in [1.54, 1.807) is 32.6 Å². The highest BCUT2D eigenvalue weighted by atomic mass is 32.1. The topological polar surface area (TPSA) is 83.6 Å². The van der Waals surface area contributed by atoms with Crippen LogP contribution in [0.25, 0.3) is 5.57 Å². The van der Waals surface area contributed by atoms with Crippen molar-refractivity contribution >= 4 is 45.8 Å². The van der Waals surface area contributed by atoms with Gasteiger partial charge in [0.1, 0.15) is 5.00 Å². The third-order valence-electron chi connectivity index (χ3n) is 7.57. The molecule has 0 atom stereocenters. The molecule has 0 saturated carbocycles. The van der Waals surface area contributed by atoms with Crippen molar-refractivity contribution in [1.82, 2.24) is 4.90 Å². The molecular formula is C40H60N2O4S. The molecule has 47 heavy (non-hydrogen) atoms. The van der Waals surface area contributed by atoms with E-state index < -0.39 is 5.54 Å². The first-order valence-corrected chi connectivity index (χ1v) is 17.6. The molecule has 0 aliphatic rings. The van der Waals surface area contributed by atoms with E-state index in [1.807, 2.05) is 45.9 Å². The van der Waals surface area contributed by atoms with E-state index in [0.29, 0.717) is 29.9 Å². The molecule has 1 N–H and O–H groups in total. The Kier molecular flexibility index (Phi) is 19.0. The summed E-state index contributed by atoms with van der Waals surface area (Å²) in [6.07, 6.45) is 10.9. The number of carbonyl (C=O) groups excluding carboxylic acids is 4. The molecule has 0 spiro atoms. The number of rotatable bonds is 13. The van der Waals surface area contributed by atoms with Gasteiger partial charge in [0.25, 0.3) is 5.91 Å². The summed E-state index contributed by atoms with van der Waals surface area (Å²) in [5, 5.41) is 3.18. The van der Waals surface area contributed by atoms with Gasteiger partial charge in [0, 0.05) is 17.8 Å². The quantitative estimate of drug-likeness (QED) is 0.131. The highest BCUT2D eigenvalue weighted by Gasteiger charge is 2.38. The molecule has 2 amide bonds. The van der Waals surface area contributed by atoms with Crippen LogP contribution < -0.4 is 5.32 Å². The minimum atomic E-state index is -0.885. The first-order chi connectivity index (χ1) is 22.0. The number of hydrogen-bond acceptors (Lipinski definition) is 5. The zero-order valence-electron chi connectivity index (χ0n) is 31.5. The van der Waals surface area contributed by atoms with E-state index in [1.165, 1.54) is 28.0 Å². The summed E-state index contributed by atoms with van der Waals surface area (Å²) >= 11 is 1.40. The van der Waals surface area contributed by atoms with Crippen LogP contribution in [0.2, 0.25) is 0 Å². The Labute approximate surface area is 289 Å². The van der Waals surface area contributed by atoms with Gasteiger partial charge in [0.2, 0.25) is 6.41 Å². The van der Waals surface area contributed by atoms with Gasteiger partial charge >= 0.3 is 0 Å². The van der Waals surface area contributed by atoms with Crippen LogP contribution in [0.4, 0.5) is 5.00 Å². The number of benzene rings is 1. The van der Waals surface area contributed by atoms with Crippen molar-refractivity contribution in [2.45, 2.75) is 127 Å². The van der Waals surface area contributed by atoms with E-state index >= 15 is 0 Å². The highest BCUT2D eigenvalue weighted by Crippen LogP contribution is 2.37. The zero-order valence-corrected chi connectivity index (χ0v) is 32.3. The van der Waals surface area contributed by atoms with Gasteiger partial charge in [0.05, 0.1) is 11.1 Å². The molecule has 0 saturated heterocycles. The number of anilines is 1. The maximum Gasteiger partial charge on any atom is 0.257 e. The molecule has 7 heteroatoms. The van der Waals surface area contributed by atoms with Crippen LogP contribution in [0, 0.1) is 13.8 Å². The Morgan fingerprint density at radius 2 is 1.53 bits per heavy atom. The molecule has 0 radical (unpaired) electrons. The minimum absolute atomic E-state index is 0.0190. The van der Waals surface area contributed by atoms with E-state index in [-0.39, 0.29) is 22.9 Å². The molecule has 1 heterocycles. The summed E-state index contributed by atoms with van der Waals surface area (Å²) in [5.74, 6) is -0.0868. The fraction of sp³-hybridized carbons (Fsp3) is 0.500. The molecule has 260 valence electrons. The molecule has 2 aromatic rings. The number of ketones is 2. The second-order valence-electron chi connectivity index (χ2n) is 12.8. The molecule has 0 unspecified atom stereocenters. The van der Waals surface area contributed by atoms with Gasteiger partial charge in [-0.05, 0) is 88.1 Å². The van der Waals surface area contributed by atoms with Crippen LogP contribution in [-0.2, 0) is 19.8 Å². The van der Waals surface area contributed by atoms with E-state index in [0.717, 1.165) is 28.9 Å². The fourth-order valence-corrected chi connectivity index (χ4v) is 5.59. The van der Waals surface area contributed by atoms with Gasteiger partial charge in [0.15, 0.2) is 11.6 Å². The third kappa shape index (κ3) is 13.2.